The summed E-state index contributed by atoms with van der Waals surface area (Å²) >= 11 is 0. The molecule has 15 heteroatoms. The van der Waals surface area contributed by atoms with Crippen LogP contribution in [0.1, 0.15) is 19.1 Å². The topological polar surface area (TPSA) is 215 Å². The number of aliphatic hydroxyl groups is 1. The Bertz CT molecular complexity index is 862. The van der Waals surface area contributed by atoms with Gasteiger partial charge in [-0.25, -0.2) is 9.36 Å². The first-order chi connectivity index (χ1) is 13.5. The van der Waals surface area contributed by atoms with Crippen molar-refractivity contribution in [1.82, 2.24) is 20.0 Å². The molecule has 0 aliphatic carbocycles. The van der Waals surface area contributed by atoms with Gasteiger partial charge in [0.05, 0.1) is 25.2 Å². The third-order valence-corrected chi connectivity index (χ3v) is 5.08. The molecule has 29 heavy (non-hydrogen) atoms. The van der Waals surface area contributed by atoms with Crippen molar-refractivity contribution in [3.05, 3.63) is 22.7 Å². The van der Waals surface area contributed by atoms with Crippen molar-refractivity contribution in [1.29, 1.82) is 0 Å². The molecule has 1 saturated heterocycles. The predicted molar refractivity (Wildman–Crippen MR) is 96.5 cm³/mol. The minimum Gasteiger partial charge on any atom is -0.481 e. The summed E-state index contributed by atoms with van der Waals surface area (Å²) in [6.45, 7) is -0.577. The van der Waals surface area contributed by atoms with Crippen LogP contribution in [0, 0.1) is 0 Å². The number of hydrogen-bond donors (Lipinski definition) is 6. The van der Waals surface area contributed by atoms with E-state index in [0.717, 1.165) is 4.57 Å². The molecule has 2 heterocycles. The molecule has 0 bridgehead atoms. The summed E-state index contributed by atoms with van der Waals surface area (Å²) in [6, 6.07) is 0.118. The highest BCUT2D eigenvalue weighted by Gasteiger charge is 2.38. The number of rotatable bonds is 9. The number of aliphatic hydroxyl groups excluding tert-OH is 1. The lowest BCUT2D eigenvalue weighted by atomic mass is 10.2. The zero-order valence-electron chi connectivity index (χ0n) is 15.3. The summed E-state index contributed by atoms with van der Waals surface area (Å²) in [5, 5.41) is 22.9. The number of hydrogen-bond acceptors (Lipinski definition) is 10. The van der Waals surface area contributed by atoms with E-state index >= 15 is 0 Å². The Morgan fingerprint density at radius 1 is 1.55 bits per heavy atom. The minimum absolute atomic E-state index is 0.0118. The fraction of sp³-hybridized carbons (Fsp3) is 0.571. The van der Waals surface area contributed by atoms with Crippen molar-refractivity contribution >= 4 is 25.4 Å². The molecule has 7 N–H and O–H groups in total. The number of amides is 1. The van der Waals surface area contributed by atoms with Gasteiger partial charge in [-0.05, 0) is 13.1 Å². The van der Waals surface area contributed by atoms with Gasteiger partial charge in [-0.3, -0.25) is 23.8 Å². The normalized spacial score (nSPS) is 24.6. The van der Waals surface area contributed by atoms with E-state index in [1.807, 2.05) is 0 Å². The van der Waals surface area contributed by atoms with E-state index in [-0.39, 0.29) is 12.2 Å². The quantitative estimate of drug-likeness (QED) is 0.227. The molecule has 2 rings (SSSR count). The van der Waals surface area contributed by atoms with E-state index < -0.39 is 62.8 Å². The Hall–Kier alpha value is -2.35. The molecule has 0 aromatic carbocycles. The van der Waals surface area contributed by atoms with Gasteiger partial charge in [-0.1, -0.05) is 0 Å². The van der Waals surface area contributed by atoms with Crippen LogP contribution < -0.4 is 21.8 Å². The number of nitrogens with zero attached hydrogens (tertiary/aromatic N) is 2. The van der Waals surface area contributed by atoms with E-state index in [4.69, 9.17) is 20.1 Å². The average molecular weight is 435 g/mol. The van der Waals surface area contributed by atoms with Crippen molar-refractivity contribution in [2.45, 2.75) is 37.3 Å². The van der Waals surface area contributed by atoms with Crippen LogP contribution in [-0.4, -0.2) is 68.4 Å². The zero-order chi connectivity index (χ0) is 21.8. The van der Waals surface area contributed by atoms with Gasteiger partial charge in [0, 0.05) is 12.6 Å². The lowest BCUT2D eigenvalue weighted by molar-refractivity contribution is -0.139. The van der Waals surface area contributed by atoms with E-state index in [2.05, 4.69) is 10.3 Å². The number of carbonyl (C=O) groups excluding carboxylic acids is 1. The number of aliphatic carboxylic acids is 1. The van der Waals surface area contributed by atoms with Crippen LogP contribution >= 0.6 is 7.75 Å². The third kappa shape index (κ3) is 6.32. The zero-order valence-corrected chi connectivity index (χ0v) is 16.2. The molecule has 1 aromatic heterocycles. The second kappa shape index (κ2) is 9.43. The first kappa shape index (κ1) is 22.9. The number of carbonyl (C=O) groups is 2. The van der Waals surface area contributed by atoms with Crippen LogP contribution in [0.4, 0.5) is 5.82 Å². The van der Waals surface area contributed by atoms with Gasteiger partial charge in [-0.2, -0.15) is 4.98 Å². The van der Waals surface area contributed by atoms with Crippen LogP contribution in [0.15, 0.2) is 17.1 Å². The standard InChI is InChI=1S/C14H22N5O9P/c1-16-7(4-12(21)22)13(23)18-29(25,26)27-6-9-8(20)5-11(28-9)19-3-2-10(15)17-14(19)24/h2-3,7-9,11,16,20H,4-6H2,1H3,(H,21,22)(H2,15,17,24)(H2,18,23,25,26)/t7-,8-,9+,11+/m0/s1. The number of likely N-dealkylation sites (N-methyl/N-ethyl adjacent to an activating group) is 1. The number of nitrogens with one attached hydrogen (secondary N) is 2. The number of aromatic nitrogens is 2. The molecule has 1 aliphatic rings. The van der Waals surface area contributed by atoms with E-state index in [1.54, 1.807) is 5.09 Å². The SMILES string of the molecule is CN[C@@H](CC(=O)O)C(=O)NP(=O)(O)OC[C@H]1O[C@@H](n2ccc(N)nc2=O)C[C@@H]1O. The van der Waals surface area contributed by atoms with E-state index in [0.29, 0.717) is 0 Å². The fourth-order valence-corrected chi connectivity index (χ4v) is 3.45. The molecular formula is C14H22N5O9P. The minimum atomic E-state index is -4.67. The second-order valence-electron chi connectivity index (χ2n) is 6.21. The van der Waals surface area contributed by atoms with Crippen LogP contribution in [0.5, 0.6) is 0 Å². The van der Waals surface area contributed by atoms with Crippen LogP contribution in [0.3, 0.4) is 0 Å². The first-order valence-corrected chi connectivity index (χ1v) is 9.97. The molecule has 0 radical (unpaired) electrons. The summed E-state index contributed by atoms with van der Waals surface area (Å²) in [6.07, 6.45) is -2.38. The van der Waals surface area contributed by atoms with Crippen LogP contribution in [0.25, 0.3) is 0 Å². The van der Waals surface area contributed by atoms with Crippen LogP contribution in [-0.2, 0) is 23.4 Å². The van der Waals surface area contributed by atoms with Crippen LogP contribution in [0.2, 0.25) is 0 Å². The lowest BCUT2D eigenvalue weighted by Crippen LogP contribution is -2.43. The molecule has 1 amide bonds. The molecule has 14 nitrogen and oxygen atoms in total. The molecule has 1 aliphatic heterocycles. The lowest BCUT2D eigenvalue weighted by Gasteiger charge is -2.20. The number of anilines is 1. The Labute approximate surface area is 164 Å². The van der Waals surface area contributed by atoms with Crippen molar-refractivity contribution < 1.29 is 38.5 Å². The second-order valence-corrected chi connectivity index (χ2v) is 7.73. The van der Waals surface area contributed by atoms with Gasteiger partial charge in [0.25, 0.3) is 0 Å². The van der Waals surface area contributed by atoms with Gasteiger partial charge in [0.15, 0.2) is 0 Å². The molecule has 1 fully saturated rings. The molecular weight excluding hydrogens is 413 g/mol. The Balaban J connectivity index is 1.94. The average Bonchev–Trinajstić information content (AvgIpc) is 2.97. The molecule has 0 saturated carbocycles. The summed E-state index contributed by atoms with van der Waals surface area (Å²) in [5.74, 6) is -2.32. The Morgan fingerprint density at radius 3 is 2.83 bits per heavy atom. The fourth-order valence-electron chi connectivity index (χ4n) is 2.61. The Kier molecular flexibility index (Phi) is 7.46. The molecule has 1 unspecified atom stereocenters. The van der Waals surface area contributed by atoms with Gasteiger partial charge >= 0.3 is 19.4 Å². The van der Waals surface area contributed by atoms with Crippen molar-refractivity contribution in [2.24, 2.45) is 0 Å². The van der Waals surface area contributed by atoms with E-state index in [9.17, 15) is 28.9 Å². The monoisotopic (exact) mass is 435 g/mol. The van der Waals surface area contributed by atoms with E-state index in [1.165, 1.54) is 19.3 Å². The largest absolute Gasteiger partial charge is 0.481 e. The maximum Gasteiger partial charge on any atom is 0.432 e. The highest BCUT2D eigenvalue weighted by molar-refractivity contribution is 7.51. The summed E-state index contributed by atoms with van der Waals surface area (Å²) in [7, 11) is -3.35. The van der Waals surface area contributed by atoms with Crippen molar-refractivity contribution in [3.63, 3.8) is 0 Å². The predicted octanol–water partition coefficient (Wildman–Crippen LogP) is -2.23. The number of nitrogen functional groups attached to an aromatic ring is 1. The molecule has 1 aromatic rings. The first-order valence-electron chi connectivity index (χ1n) is 8.39. The maximum atomic E-state index is 12.0. The summed E-state index contributed by atoms with van der Waals surface area (Å²) in [4.78, 5) is 47.8. The third-order valence-electron chi connectivity index (χ3n) is 4.07. The van der Waals surface area contributed by atoms with Gasteiger partial charge in [-0.15, -0.1) is 0 Å². The van der Waals surface area contributed by atoms with Gasteiger partial charge in [0.1, 0.15) is 18.1 Å². The highest BCUT2D eigenvalue weighted by atomic mass is 31.2. The number of carboxylic acids is 1. The van der Waals surface area contributed by atoms with Gasteiger partial charge < -0.3 is 30.9 Å². The number of ether oxygens (including phenoxy) is 1. The summed E-state index contributed by atoms with van der Waals surface area (Å²) < 4.78 is 23.4. The molecule has 162 valence electrons. The smallest absolute Gasteiger partial charge is 0.432 e. The summed E-state index contributed by atoms with van der Waals surface area (Å²) in [5.41, 5.74) is 4.71. The van der Waals surface area contributed by atoms with Gasteiger partial charge in [0.2, 0.25) is 5.91 Å². The number of nitrogens with two attached hydrogens (primary N) is 1. The molecule has 5 atom stereocenters. The Morgan fingerprint density at radius 2 is 2.24 bits per heavy atom. The highest BCUT2D eigenvalue weighted by Crippen LogP contribution is 2.39. The maximum absolute atomic E-state index is 12.0. The number of carboxylic acid groups (broad SMARTS) is 1. The molecule has 0 spiro atoms. The van der Waals surface area contributed by atoms with Crippen molar-refractivity contribution in [3.8, 4) is 0 Å². The van der Waals surface area contributed by atoms with Crippen molar-refractivity contribution in [2.75, 3.05) is 19.4 Å².